The topological polar surface area (TPSA) is 67.0 Å². The van der Waals surface area contributed by atoms with Crippen molar-refractivity contribution in [2.24, 2.45) is 0 Å². The molecular weight excluding hydrogens is 346 g/mol. The standard InChI is InChI=1S/C20H23N3O2S/c1-13-5-7-18(15(3)10-13)25-9-8-21-19(24)12-26-20-22-16-6-4-14(2)11-17(16)23-20/h4-7,10-11H,8-9,12H2,1-3H3,(H,21,24)(H,22,23). The van der Waals surface area contributed by atoms with Gasteiger partial charge in [0.2, 0.25) is 5.91 Å². The number of amides is 1. The number of hydrogen-bond donors (Lipinski definition) is 2. The maximum atomic E-state index is 12.0. The molecule has 1 heterocycles. The Labute approximate surface area is 157 Å². The lowest BCUT2D eigenvalue weighted by Gasteiger charge is -2.10. The van der Waals surface area contributed by atoms with E-state index in [0.29, 0.717) is 18.9 Å². The van der Waals surface area contributed by atoms with Gasteiger partial charge in [-0.1, -0.05) is 35.5 Å². The first-order valence-electron chi connectivity index (χ1n) is 8.57. The zero-order valence-corrected chi connectivity index (χ0v) is 16.1. The van der Waals surface area contributed by atoms with Gasteiger partial charge in [-0.15, -0.1) is 0 Å². The molecule has 0 aliphatic carbocycles. The van der Waals surface area contributed by atoms with Crippen LogP contribution >= 0.6 is 11.8 Å². The van der Waals surface area contributed by atoms with Gasteiger partial charge < -0.3 is 15.0 Å². The summed E-state index contributed by atoms with van der Waals surface area (Å²) in [7, 11) is 0. The van der Waals surface area contributed by atoms with E-state index in [0.717, 1.165) is 27.5 Å². The van der Waals surface area contributed by atoms with Gasteiger partial charge in [-0.3, -0.25) is 4.79 Å². The summed E-state index contributed by atoms with van der Waals surface area (Å²) in [5.41, 5.74) is 5.40. The monoisotopic (exact) mass is 369 g/mol. The highest BCUT2D eigenvalue weighted by atomic mass is 32.2. The van der Waals surface area contributed by atoms with E-state index in [1.54, 1.807) is 0 Å². The normalized spacial score (nSPS) is 10.9. The van der Waals surface area contributed by atoms with Crippen LogP contribution < -0.4 is 10.1 Å². The van der Waals surface area contributed by atoms with Crippen molar-refractivity contribution in [2.45, 2.75) is 25.9 Å². The average molecular weight is 369 g/mol. The van der Waals surface area contributed by atoms with E-state index in [9.17, 15) is 4.79 Å². The highest BCUT2D eigenvalue weighted by molar-refractivity contribution is 7.99. The Hall–Kier alpha value is -2.47. The summed E-state index contributed by atoms with van der Waals surface area (Å²) in [6, 6.07) is 12.1. The van der Waals surface area contributed by atoms with Crippen molar-refractivity contribution in [2.75, 3.05) is 18.9 Å². The molecule has 0 spiro atoms. The number of ether oxygens (including phenoxy) is 1. The summed E-state index contributed by atoms with van der Waals surface area (Å²) < 4.78 is 5.72. The van der Waals surface area contributed by atoms with E-state index < -0.39 is 0 Å². The maximum absolute atomic E-state index is 12.0. The van der Waals surface area contributed by atoms with Crippen molar-refractivity contribution in [3.8, 4) is 5.75 Å². The Morgan fingerprint density at radius 2 is 1.92 bits per heavy atom. The zero-order valence-electron chi connectivity index (χ0n) is 15.3. The minimum Gasteiger partial charge on any atom is -0.491 e. The van der Waals surface area contributed by atoms with Crippen LogP contribution in [0.4, 0.5) is 0 Å². The van der Waals surface area contributed by atoms with Crippen molar-refractivity contribution >= 4 is 28.7 Å². The average Bonchev–Trinajstić information content (AvgIpc) is 3.00. The Bertz CT molecular complexity index is 921. The predicted molar refractivity (Wildman–Crippen MR) is 106 cm³/mol. The third-order valence-electron chi connectivity index (χ3n) is 3.97. The van der Waals surface area contributed by atoms with Gasteiger partial charge in [0.25, 0.3) is 0 Å². The summed E-state index contributed by atoms with van der Waals surface area (Å²) in [6.07, 6.45) is 0. The van der Waals surface area contributed by atoms with Gasteiger partial charge in [0.15, 0.2) is 5.16 Å². The zero-order chi connectivity index (χ0) is 18.5. The highest BCUT2D eigenvalue weighted by Crippen LogP contribution is 2.20. The molecule has 3 aromatic rings. The summed E-state index contributed by atoms with van der Waals surface area (Å²) in [5.74, 6) is 1.15. The molecule has 2 aromatic carbocycles. The van der Waals surface area contributed by atoms with Crippen molar-refractivity contribution in [3.63, 3.8) is 0 Å². The number of nitrogens with one attached hydrogen (secondary N) is 2. The Balaban J connectivity index is 1.41. The number of carbonyl (C=O) groups excluding carboxylic acids is 1. The molecule has 136 valence electrons. The molecular formula is C20H23N3O2S. The Morgan fingerprint density at radius 1 is 1.15 bits per heavy atom. The molecule has 0 fully saturated rings. The second-order valence-electron chi connectivity index (χ2n) is 6.32. The summed E-state index contributed by atoms with van der Waals surface area (Å²) in [5, 5.41) is 3.63. The third kappa shape index (κ3) is 4.79. The number of rotatable bonds is 7. The first-order chi connectivity index (χ1) is 12.5. The molecule has 0 saturated carbocycles. The van der Waals surface area contributed by atoms with Gasteiger partial charge in [-0.2, -0.15) is 0 Å². The van der Waals surface area contributed by atoms with Crippen LogP contribution in [0.3, 0.4) is 0 Å². The van der Waals surface area contributed by atoms with Crippen LogP contribution in [0, 0.1) is 20.8 Å². The number of aromatic amines is 1. The van der Waals surface area contributed by atoms with Crippen molar-refractivity contribution in [3.05, 3.63) is 53.1 Å². The first kappa shape index (κ1) is 18.3. The summed E-state index contributed by atoms with van der Waals surface area (Å²) >= 11 is 1.40. The number of carbonyl (C=O) groups is 1. The second-order valence-corrected chi connectivity index (χ2v) is 7.28. The largest absolute Gasteiger partial charge is 0.491 e. The van der Waals surface area contributed by atoms with E-state index in [-0.39, 0.29) is 5.91 Å². The van der Waals surface area contributed by atoms with Gasteiger partial charge in [0, 0.05) is 0 Å². The number of fused-ring (bicyclic) bond motifs is 1. The molecule has 0 bridgehead atoms. The SMILES string of the molecule is Cc1ccc(OCCNC(=O)CSc2nc3ccc(C)cc3[nH]2)c(C)c1. The summed E-state index contributed by atoms with van der Waals surface area (Å²) in [4.78, 5) is 19.7. The molecule has 0 aliphatic heterocycles. The number of imidazole rings is 1. The van der Waals surface area contributed by atoms with Crippen LogP contribution in [0.25, 0.3) is 11.0 Å². The lowest BCUT2D eigenvalue weighted by Crippen LogP contribution is -2.29. The number of benzene rings is 2. The molecule has 0 atom stereocenters. The molecule has 0 unspecified atom stereocenters. The molecule has 0 aliphatic rings. The Kier molecular flexibility index (Phi) is 5.83. The van der Waals surface area contributed by atoms with Crippen LogP contribution in [-0.2, 0) is 4.79 Å². The predicted octanol–water partition coefficient (Wildman–Crippen LogP) is 3.78. The maximum Gasteiger partial charge on any atom is 0.230 e. The van der Waals surface area contributed by atoms with E-state index in [1.807, 2.05) is 38.1 Å². The van der Waals surface area contributed by atoms with Crippen LogP contribution in [-0.4, -0.2) is 34.8 Å². The lowest BCUT2D eigenvalue weighted by atomic mass is 10.1. The van der Waals surface area contributed by atoms with Crippen LogP contribution in [0.5, 0.6) is 5.75 Å². The van der Waals surface area contributed by atoms with Crippen molar-refractivity contribution in [1.82, 2.24) is 15.3 Å². The molecule has 0 saturated heterocycles. The van der Waals surface area contributed by atoms with Crippen LogP contribution in [0.15, 0.2) is 41.6 Å². The molecule has 5 nitrogen and oxygen atoms in total. The first-order valence-corrected chi connectivity index (χ1v) is 9.56. The quantitative estimate of drug-likeness (QED) is 0.491. The van der Waals surface area contributed by atoms with Crippen molar-refractivity contribution < 1.29 is 9.53 Å². The molecule has 6 heteroatoms. The number of thioether (sulfide) groups is 1. The van der Waals surface area contributed by atoms with Gasteiger partial charge in [0.1, 0.15) is 12.4 Å². The van der Waals surface area contributed by atoms with Gasteiger partial charge in [0.05, 0.1) is 23.3 Å². The number of hydrogen-bond acceptors (Lipinski definition) is 4. The lowest BCUT2D eigenvalue weighted by molar-refractivity contribution is -0.118. The van der Waals surface area contributed by atoms with Crippen LogP contribution in [0.2, 0.25) is 0 Å². The molecule has 1 amide bonds. The minimum atomic E-state index is -0.0316. The van der Waals surface area contributed by atoms with E-state index in [4.69, 9.17) is 4.74 Å². The third-order valence-corrected chi connectivity index (χ3v) is 4.84. The van der Waals surface area contributed by atoms with Gasteiger partial charge >= 0.3 is 0 Å². The van der Waals surface area contributed by atoms with E-state index in [1.165, 1.54) is 22.9 Å². The molecule has 0 radical (unpaired) electrons. The number of aromatic nitrogens is 2. The molecule has 1 aromatic heterocycles. The smallest absolute Gasteiger partial charge is 0.230 e. The second kappa shape index (κ2) is 8.27. The van der Waals surface area contributed by atoms with E-state index >= 15 is 0 Å². The molecule has 3 rings (SSSR count). The number of H-pyrrole nitrogens is 1. The van der Waals surface area contributed by atoms with Gasteiger partial charge in [-0.25, -0.2) is 4.98 Å². The summed E-state index contributed by atoms with van der Waals surface area (Å²) in [6.45, 7) is 7.04. The highest BCUT2D eigenvalue weighted by Gasteiger charge is 2.07. The molecule has 2 N–H and O–H groups in total. The Morgan fingerprint density at radius 3 is 2.73 bits per heavy atom. The fourth-order valence-corrected chi connectivity index (χ4v) is 3.38. The fourth-order valence-electron chi connectivity index (χ4n) is 2.67. The van der Waals surface area contributed by atoms with Crippen molar-refractivity contribution in [1.29, 1.82) is 0 Å². The number of aryl methyl sites for hydroxylation is 3. The minimum absolute atomic E-state index is 0.0316. The van der Waals surface area contributed by atoms with Crippen LogP contribution in [0.1, 0.15) is 16.7 Å². The van der Waals surface area contributed by atoms with E-state index in [2.05, 4.69) is 34.3 Å². The number of nitrogens with zero attached hydrogens (tertiary/aromatic N) is 1. The molecule has 26 heavy (non-hydrogen) atoms. The van der Waals surface area contributed by atoms with Gasteiger partial charge in [-0.05, 0) is 50.1 Å². The fraction of sp³-hybridized carbons (Fsp3) is 0.300.